The maximum absolute atomic E-state index is 10.0. The maximum atomic E-state index is 10.0. The zero-order chi connectivity index (χ0) is 5.86. The average molecular weight is 292 g/mol. The van der Waals surface area contributed by atoms with Crippen molar-refractivity contribution in [3.8, 4) is 0 Å². The quantitative estimate of drug-likeness (QED) is 0.697. The molecule has 0 saturated carbocycles. The molecule has 0 aliphatic carbocycles. The summed E-state index contributed by atoms with van der Waals surface area (Å²) >= 11 is 0. The van der Waals surface area contributed by atoms with Gasteiger partial charge in [-0.3, -0.25) is 9.59 Å². The zero-order valence-corrected chi connectivity index (χ0v) is 7.25. The summed E-state index contributed by atoms with van der Waals surface area (Å²) in [5.41, 5.74) is 0. The summed E-state index contributed by atoms with van der Waals surface area (Å²) in [6, 6.07) is 0. The van der Waals surface area contributed by atoms with Crippen LogP contribution < -0.4 is 0 Å². The fraction of sp³-hybridized carbons (Fsp3) is 0.600. The van der Waals surface area contributed by atoms with E-state index in [1.165, 1.54) is 13.8 Å². The molecule has 0 rings (SSSR count). The molecular formula is C5H8IrO2+. The van der Waals surface area contributed by atoms with Crippen molar-refractivity contribution in [1.82, 2.24) is 0 Å². The molecule has 2 nitrogen and oxygen atoms in total. The Balaban J connectivity index is 0. The first-order valence-corrected chi connectivity index (χ1v) is 2.12. The van der Waals surface area contributed by atoms with Crippen LogP contribution in [0.1, 0.15) is 20.3 Å². The summed E-state index contributed by atoms with van der Waals surface area (Å²) in [5, 5.41) is 0. The Morgan fingerprint density at radius 3 is 1.38 bits per heavy atom. The number of hydrogen-bond acceptors (Lipinski definition) is 2. The van der Waals surface area contributed by atoms with Crippen LogP contribution in [0, 0.1) is 0 Å². The third-order valence-corrected chi connectivity index (χ3v) is 0.498. The Hall–Kier alpha value is -0.0106. The van der Waals surface area contributed by atoms with Crippen LogP contribution in [0.2, 0.25) is 0 Å². The van der Waals surface area contributed by atoms with E-state index >= 15 is 0 Å². The van der Waals surface area contributed by atoms with Gasteiger partial charge >= 0.3 is 20.1 Å². The monoisotopic (exact) mass is 293 g/mol. The van der Waals surface area contributed by atoms with E-state index in [9.17, 15) is 9.59 Å². The first-order chi connectivity index (χ1) is 3.13. The van der Waals surface area contributed by atoms with Gasteiger partial charge in [0.25, 0.3) is 0 Å². The first kappa shape index (κ1) is 10.9. The Morgan fingerprint density at radius 1 is 1.12 bits per heavy atom. The number of Topliss-reactive ketones (excluding diaryl/α,β-unsaturated/α-hetero) is 2. The summed E-state index contributed by atoms with van der Waals surface area (Å²) < 4.78 is 0. The molecular weight excluding hydrogens is 284 g/mol. The van der Waals surface area contributed by atoms with Crippen molar-refractivity contribution < 1.29 is 29.7 Å². The van der Waals surface area contributed by atoms with Crippen LogP contribution in [0.25, 0.3) is 0 Å². The standard InChI is InChI=1S/C5H8O2.Ir/c1-4(6)3-5(2)7;/h3H2,1-2H3;/q;+1. The second-order valence-electron chi connectivity index (χ2n) is 1.58. The minimum atomic E-state index is -0.0625. The molecule has 48 valence electrons. The molecule has 0 unspecified atom stereocenters. The second kappa shape index (κ2) is 5.13. The molecule has 0 aliphatic heterocycles. The molecule has 0 aromatic carbocycles. The van der Waals surface area contributed by atoms with E-state index in [-0.39, 0.29) is 38.1 Å². The van der Waals surface area contributed by atoms with E-state index in [4.69, 9.17) is 0 Å². The van der Waals surface area contributed by atoms with Gasteiger partial charge in [0, 0.05) is 0 Å². The molecule has 0 heterocycles. The molecule has 0 saturated heterocycles. The van der Waals surface area contributed by atoms with Crippen molar-refractivity contribution in [3.05, 3.63) is 0 Å². The van der Waals surface area contributed by atoms with Crippen LogP contribution in [-0.4, -0.2) is 11.6 Å². The molecule has 3 heteroatoms. The van der Waals surface area contributed by atoms with E-state index in [2.05, 4.69) is 0 Å². The minimum absolute atomic E-state index is 0. The summed E-state index contributed by atoms with van der Waals surface area (Å²) in [4.78, 5) is 20.1. The predicted molar refractivity (Wildman–Crippen MR) is 26.0 cm³/mol. The fourth-order valence-electron chi connectivity index (χ4n) is 0.351. The Bertz CT molecular complexity index is 86.6. The van der Waals surface area contributed by atoms with Gasteiger partial charge in [0.15, 0.2) is 0 Å². The molecule has 0 aliphatic rings. The van der Waals surface area contributed by atoms with Crippen LogP contribution in [0.3, 0.4) is 0 Å². The summed E-state index contributed by atoms with van der Waals surface area (Å²) in [5.74, 6) is -0.125. The van der Waals surface area contributed by atoms with Gasteiger partial charge in [0.05, 0.1) is 6.42 Å². The molecule has 0 bridgehead atoms. The van der Waals surface area contributed by atoms with Gasteiger partial charge in [-0.1, -0.05) is 0 Å². The molecule has 8 heavy (non-hydrogen) atoms. The SMILES string of the molecule is CC(=O)CC(C)=O.[Ir+]. The van der Waals surface area contributed by atoms with Crippen molar-refractivity contribution in [1.29, 1.82) is 0 Å². The van der Waals surface area contributed by atoms with Crippen molar-refractivity contribution in [2.24, 2.45) is 0 Å². The number of rotatable bonds is 2. The van der Waals surface area contributed by atoms with E-state index in [0.717, 1.165) is 0 Å². The average Bonchev–Trinajstić information content (AvgIpc) is 1.27. The van der Waals surface area contributed by atoms with Crippen LogP contribution >= 0.6 is 0 Å². The number of ketones is 2. The van der Waals surface area contributed by atoms with Crippen LogP contribution in [-0.2, 0) is 29.7 Å². The van der Waals surface area contributed by atoms with Crippen molar-refractivity contribution in [2.75, 3.05) is 0 Å². The minimum Gasteiger partial charge on any atom is -0.300 e. The molecule has 0 fully saturated rings. The van der Waals surface area contributed by atoms with Gasteiger partial charge in [-0.05, 0) is 13.8 Å². The van der Waals surface area contributed by atoms with E-state index in [1.54, 1.807) is 0 Å². The maximum Gasteiger partial charge on any atom is 1.00 e. The summed E-state index contributed by atoms with van der Waals surface area (Å²) in [6.45, 7) is 2.81. The van der Waals surface area contributed by atoms with Crippen LogP contribution in [0.15, 0.2) is 0 Å². The van der Waals surface area contributed by atoms with Crippen molar-refractivity contribution >= 4 is 11.6 Å². The third-order valence-electron chi connectivity index (χ3n) is 0.498. The molecule has 0 aromatic heterocycles. The Labute approximate surface area is 62.0 Å². The molecule has 0 atom stereocenters. The van der Waals surface area contributed by atoms with Gasteiger partial charge in [-0.25, -0.2) is 0 Å². The normalized spacial score (nSPS) is 7.25. The topological polar surface area (TPSA) is 34.1 Å². The van der Waals surface area contributed by atoms with E-state index in [0.29, 0.717) is 0 Å². The van der Waals surface area contributed by atoms with Gasteiger partial charge in [0.2, 0.25) is 0 Å². The zero-order valence-electron chi connectivity index (χ0n) is 4.86. The second-order valence-corrected chi connectivity index (χ2v) is 1.58. The Morgan fingerprint density at radius 2 is 1.38 bits per heavy atom. The fourth-order valence-corrected chi connectivity index (χ4v) is 0.351. The molecule has 0 radical (unpaired) electrons. The van der Waals surface area contributed by atoms with Gasteiger partial charge in [-0.2, -0.15) is 0 Å². The molecule has 0 aromatic rings. The summed E-state index contributed by atoms with van der Waals surface area (Å²) in [6.07, 6.45) is 0.0833. The summed E-state index contributed by atoms with van der Waals surface area (Å²) in [7, 11) is 0. The predicted octanol–water partition coefficient (Wildman–Crippen LogP) is 0.552. The van der Waals surface area contributed by atoms with Crippen LogP contribution in [0.5, 0.6) is 0 Å². The number of carbonyl (C=O) groups is 2. The first-order valence-electron chi connectivity index (χ1n) is 2.12. The van der Waals surface area contributed by atoms with Gasteiger partial charge in [-0.15, -0.1) is 0 Å². The smallest absolute Gasteiger partial charge is 0.300 e. The van der Waals surface area contributed by atoms with E-state index in [1.807, 2.05) is 0 Å². The molecule has 0 N–H and O–H groups in total. The largest absolute Gasteiger partial charge is 1.00 e. The molecule has 0 amide bonds. The van der Waals surface area contributed by atoms with Crippen molar-refractivity contribution in [3.63, 3.8) is 0 Å². The third kappa shape index (κ3) is 9.37. The number of carbonyl (C=O) groups excluding carboxylic acids is 2. The van der Waals surface area contributed by atoms with Crippen LogP contribution in [0.4, 0.5) is 0 Å². The van der Waals surface area contributed by atoms with Gasteiger partial charge < -0.3 is 0 Å². The molecule has 0 spiro atoms. The number of hydrogen-bond donors (Lipinski definition) is 0. The Kier molecular flexibility index (Phi) is 6.98. The van der Waals surface area contributed by atoms with Gasteiger partial charge in [0.1, 0.15) is 11.6 Å². The van der Waals surface area contributed by atoms with E-state index < -0.39 is 0 Å². The van der Waals surface area contributed by atoms with Crippen molar-refractivity contribution in [2.45, 2.75) is 20.3 Å².